The van der Waals surface area contributed by atoms with Crippen molar-refractivity contribution in [1.29, 1.82) is 0 Å². The molecule has 1 unspecified atom stereocenters. The van der Waals surface area contributed by atoms with E-state index in [1.54, 1.807) is 24.3 Å². The summed E-state index contributed by atoms with van der Waals surface area (Å²) in [5.41, 5.74) is 0. The fourth-order valence-corrected chi connectivity index (χ4v) is 4.06. The summed E-state index contributed by atoms with van der Waals surface area (Å²) in [7, 11) is -3.23. The van der Waals surface area contributed by atoms with E-state index in [-0.39, 0.29) is 12.4 Å². The number of hydrogen-bond acceptors (Lipinski definition) is 4. The maximum Gasteiger partial charge on any atom is 0.179 e. The molecule has 0 amide bonds. The summed E-state index contributed by atoms with van der Waals surface area (Å²) in [6, 6.07) is 6.75. The van der Waals surface area contributed by atoms with Crippen LogP contribution in [0.5, 0.6) is 0 Å². The lowest BCUT2D eigenvalue weighted by molar-refractivity contribution is 0.125. The van der Waals surface area contributed by atoms with Gasteiger partial charge in [-0.1, -0.05) is 15.9 Å². The highest BCUT2D eigenvalue weighted by molar-refractivity contribution is 9.10. The Hall–Kier alpha value is -0.430. The Morgan fingerprint density at radius 2 is 2.00 bits per heavy atom. The Balaban J connectivity index is 1.94. The Bertz CT molecular complexity index is 530. The van der Waals surface area contributed by atoms with Crippen LogP contribution in [0.1, 0.15) is 12.8 Å². The molecular weight excluding hydrogens is 342 g/mol. The van der Waals surface area contributed by atoms with Crippen molar-refractivity contribution in [2.45, 2.75) is 17.7 Å². The van der Waals surface area contributed by atoms with E-state index in [0.717, 1.165) is 30.4 Å². The predicted molar refractivity (Wildman–Crippen MR) is 82.4 cm³/mol. The summed E-state index contributed by atoms with van der Waals surface area (Å²) < 4.78 is 25.4. The number of nitrogens with zero attached hydrogens (tertiary/aromatic N) is 1. The first kappa shape index (κ1) is 15.9. The average molecular weight is 362 g/mol. The molecule has 1 aromatic carbocycles. The van der Waals surface area contributed by atoms with Gasteiger partial charge in [-0.15, -0.1) is 0 Å². The quantitative estimate of drug-likeness (QED) is 0.870. The zero-order valence-corrected chi connectivity index (χ0v) is 13.7. The van der Waals surface area contributed by atoms with Crippen molar-refractivity contribution in [3.05, 3.63) is 28.7 Å². The van der Waals surface area contributed by atoms with Crippen molar-refractivity contribution in [2.75, 3.05) is 32.0 Å². The molecule has 0 aromatic heterocycles. The first-order valence-corrected chi connectivity index (χ1v) is 9.27. The maximum atomic E-state index is 12.2. The maximum absolute atomic E-state index is 12.2. The summed E-state index contributed by atoms with van der Waals surface area (Å²) >= 11 is 3.30. The van der Waals surface area contributed by atoms with Gasteiger partial charge in [0.2, 0.25) is 0 Å². The highest BCUT2D eigenvalue weighted by atomic mass is 79.9. The Morgan fingerprint density at radius 1 is 1.30 bits per heavy atom. The highest BCUT2D eigenvalue weighted by Gasteiger charge is 2.21. The van der Waals surface area contributed by atoms with Gasteiger partial charge >= 0.3 is 0 Å². The van der Waals surface area contributed by atoms with Crippen molar-refractivity contribution in [1.82, 2.24) is 4.90 Å². The van der Waals surface area contributed by atoms with Crippen LogP contribution in [-0.2, 0) is 9.84 Å². The van der Waals surface area contributed by atoms with Crippen LogP contribution in [0.3, 0.4) is 0 Å². The predicted octanol–water partition coefficient (Wildman–Crippen LogP) is 1.93. The molecule has 0 radical (unpaired) electrons. The van der Waals surface area contributed by atoms with E-state index in [0.29, 0.717) is 17.4 Å². The lowest BCUT2D eigenvalue weighted by Gasteiger charge is -2.31. The Labute approximate surface area is 128 Å². The minimum absolute atomic E-state index is 0.132. The van der Waals surface area contributed by atoms with Gasteiger partial charge in [0.1, 0.15) is 0 Å². The van der Waals surface area contributed by atoms with Crippen LogP contribution in [0.2, 0.25) is 0 Å². The molecular formula is C14H20BrNO3S. The highest BCUT2D eigenvalue weighted by Crippen LogP contribution is 2.18. The number of benzene rings is 1. The van der Waals surface area contributed by atoms with Gasteiger partial charge in [-0.3, -0.25) is 0 Å². The van der Waals surface area contributed by atoms with E-state index in [1.165, 1.54) is 0 Å². The number of rotatable bonds is 5. The topological polar surface area (TPSA) is 57.6 Å². The number of aliphatic hydroxyl groups excluding tert-OH is 1. The van der Waals surface area contributed by atoms with Gasteiger partial charge in [-0.2, -0.15) is 0 Å². The zero-order valence-electron chi connectivity index (χ0n) is 11.3. The number of piperidine rings is 1. The van der Waals surface area contributed by atoms with E-state index in [1.807, 2.05) is 0 Å². The SMILES string of the molecule is O=S(=O)(CCN1CCCC(CO)C1)c1ccc(Br)cc1. The molecule has 1 saturated heterocycles. The van der Waals surface area contributed by atoms with Crippen LogP contribution in [0.25, 0.3) is 0 Å². The minimum atomic E-state index is -3.23. The third-order valence-corrected chi connectivity index (χ3v) is 5.95. The molecule has 20 heavy (non-hydrogen) atoms. The third-order valence-electron chi connectivity index (χ3n) is 3.71. The second-order valence-electron chi connectivity index (χ2n) is 5.26. The molecule has 6 heteroatoms. The number of aliphatic hydroxyl groups is 1. The second-order valence-corrected chi connectivity index (χ2v) is 8.29. The van der Waals surface area contributed by atoms with Crippen LogP contribution in [-0.4, -0.2) is 50.4 Å². The number of halogens is 1. The van der Waals surface area contributed by atoms with Crippen LogP contribution < -0.4 is 0 Å². The van der Waals surface area contributed by atoms with Crippen molar-refractivity contribution in [2.24, 2.45) is 5.92 Å². The lowest BCUT2D eigenvalue weighted by atomic mass is 9.99. The molecule has 1 atom stereocenters. The molecule has 112 valence electrons. The summed E-state index contributed by atoms with van der Waals surface area (Å²) in [4.78, 5) is 2.51. The molecule has 0 saturated carbocycles. The average Bonchev–Trinajstić information content (AvgIpc) is 2.46. The molecule has 2 rings (SSSR count). The number of likely N-dealkylation sites (tertiary alicyclic amines) is 1. The summed E-state index contributed by atoms with van der Waals surface area (Å²) in [5.74, 6) is 0.423. The van der Waals surface area contributed by atoms with Crippen molar-refractivity contribution in [3.63, 3.8) is 0 Å². The van der Waals surface area contributed by atoms with Gasteiger partial charge in [0.05, 0.1) is 10.6 Å². The van der Waals surface area contributed by atoms with Crippen LogP contribution in [0.4, 0.5) is 0 Å². The number of hydrogen-bond donors (Lipinski definition) is 1. The van der Waals surface area contributed by atoms with Crippen molar-refractivity contribution >= 4 is 25.8 Å². The van der Waals surface area contributed by atoms with E-state index >= 15 is 0 Å². The fourth-order valence-electron chi connectivity index (χ4n) is 2.51. The molecule has 1 heterocycles. The monoisotopic (exact) mass is 361 g/mol. The zero-order chi connectivity index (χ0) is 14.6. The van der Waals surface area contributed by atoms with E-state index < -0.39 is 9.84 Å². The first-order valence-electron chi connectivity index (χ1n) is 6.83. The van der Waals surface area contributed by atoms with Crippen LogP contribution in [0, 0.1) is 5.92 Å². The second kappa shape index (κ2) is 7.02. The molecule has 4 nitrogen and oxygen atoms in total. The molecule has 0 aliphatic carbocycles. The van der Waals surface area contributed by atoms with Gasteiger partial charge in [0.25, 0.3) is 0 Å². The standard InChI is InChI=1S/C14H20BrNO3S/c15-13-3-5-14(6-4-13)20(18,19)9-8-16-7-1-2-12(10-16)11-17/h3-6,12,17H,1-2,7-11H2. The molecule has 1 aromatic rings. The lowest BCUT2D eigenvalue weighted by Crippen LogP contribution is -2.39. The van der Waals surface area contributed by atoms with Gasteiger partial charge in [-0.05, 0) is 49.6 Å². The minimum Gasteiger partial charge on any atom is -0.396 e. The first-order chi connectivity index (χ1) is 9.51. The molecule has 1 N–H and O–H groups in total. The molecule has 0 spiro atoms. The normalized spacial score (nSPS) is 21.0. The van der Waals surface area contributed by atoms with E-state index in [2.05, 4.69) is 20.8 Å². The van der Waals surface area contributed by atoms with Gasteiger partial charge in [0, 0.05) is 24.2 Å². The van der Waals surface area contributed by atoms with E-state index in [4.69, 9.17) is 0 Å². The largest absolute Gasteiger partial charge is 0.396 e. The van der Waals surface area contributed by atoms with Crippen molar-refractivity contribution < 1.29 is 13.5 Å². The molecule has 1 aliphatic rings. The Kier molecular flexibility index (Phi) is 5.60. The Morgan fingerprint density at radius 3 is 2.65 bits per heavy atom. The summed E-state index contributed by atoms with van der Waals surface area (Å²) in [5, 5.41) is 9.19. The van der Waals surface area contributed by atoms with Gasteiger partial charge in [-0.25, -0.2) is 8.42 Å². The van der Waals surface area contributed by atoms with Gasteiger partial charge in [0.15, 0.2) is 9.84 Å². The molecule has 1 aliphatic heterocycles. The van der Waals surface area contributed by atoms with Crippen molar-refractivity contribution in [3.8, 4) is 0 Å². The smallest absolute Gasteiger partial charge is 0.179 e. The fraction of sp³-hybridized carbons (Fsp3) is 0.571. The molecule has 0 bridgehead atoms. The third kappa shape index (κ3) is 4.28. The van der Waals surface area contributed by atoms with Gasteiger partial charge < -0.3 is 10.0 Å². The molecule has 1 fully saturated rings. The van der Waals surface area contributed by atoms with E-state index in [9.17, 15) is 13.5 Å². The van der Waals surface area contributed by atoms with Crippen LogP contribution in [0.15, 0.2) is 33.6 Å². The summed E-state index contributed by atoms with van der Waals surface area (Å²) in [6.45, 7) is 2.45. The number of sulfone groups is 1. The summed E-state index contributed by atoms with van der Waals surface area (Å²) in [6.07, 6.45) is 2.07. The van der Waals surface area contributed by atoms with Crippen LogP contribution >= 0.6 is 15.9 Å².